The standard InChI is InChI=1S/C13H28N2O2/c1-11(16-3)9-15(2)13(10-14)8-6-5-7-12(13)17-4/h11-12H,5-10,14H2,1-4H3. The molecule has 1 aliphatic rings. The molecule has 1 aliphatic carbocycles. The number of rotatable bonds is 6. The van der Waals surface area contributed by atoms with E-state index >= 15 is 0 Å². The van der Waals surface area contributed by atoms with E-state index in [9.17, 15) is 0 Å². The second-order valence-corrected chi connectivity index (χ2v) is 5.20. The van der Waals surface area contributed by atoms with Gasteiger partial charge in [-0.25, -0.2) is 0 Å². The number of ether oxygens (including phenoxy) is 2. The Kier molecular flexibility index (Phi) is 5.86. The summed E-state index contributed by atoms with van der Waals surface area (Å²) in [5, 5.41) is 0. The van der Waals surface area contributed by atoms with Crippen LogP contribution in [-0.2, 0) is 9.47 Å². The molecule has 0 spiro atoms. The molecule has 4 heteroatoms. The Hall–Kier alpha value is -0.160. The van der Waals surface area contributed by atoms with Gasteiger partial charge in [0.1, 0.15) is 0 Å². The van der Waals surface area contributed by atoms with Gasteiger partial charge in [-0.3, -0.25) is 4.90 Å². The topological polar surface area (TPSA) is 47.7 Å². The van der Waals surface area contributed by atoms with Crippen molar-refractivity contribution in [1.29, 1.82) is 0 Å². The van der Waals surface area contributed by atoms with Crippen molar-refractivity contribution in [3.8, 4) is 0 Å². The van der Waals surface area contributed by atoms with Crippen LogP contribution in [0.5, 0.6) is 0 Å². The molecule has 0 aliphatic heterocycles. The van der Waals surface area contributed by atoms with E-state index in [4.69, 9.17) is 15.2 Å². The highest BCUT2D eigenvalue weighted by Gasteiger charge is 2.43. The molecule has 2 N–H and O–H groups in total. The van der Waals surface area contributed by atoms with Gasteiger partial charge < -0.3 is 15.2 Å². The average molecular weight is 244 g/mol. The molecule has 3 unspecified atom stereocenters. The van der Waals surface area contributed by atoms with E-state index in [1.165, 1.54) is 12.8 Å². The van der Waals surface area contributed by atoms with Crippen LogP contribution in [0.4, 0.5) is 0 Å². The molecule has 0 bridgehead atoms. The number of hydrogen-bond acceptors (Lipinski definition) is 4. The van der Waals surface area contributed by atoms with Crippen molar-refractivity contribution in [2.75, 3.05) is 34.4 Å². The Morgan fingerprint density at radius 2 is 2.12 bits per heavy atom. The van der Waals surface area contributed by atoms with Crippen molar-refractivity contribution in [1.82, 2.24) is 4.90 Å². The smallest absolute Gasteiger partial charge is 0.0767 e. The van der Waals surface area contributed by atoms with E-state index in [-0.39, 0.29) is 17.7 Å². The van der Waals surface area contributed by atoms with Crippen molar-refractivity contribution in [2.24, 2.45) is 5.73 Å². The van der Waals surface area contributed by atoms with Gasteiger partial charge in [-0.1, -0.05) is 12.8 Å². The Balaban J connectivity index is 2.76. The maximum atomic E-state index is 6.06. The first-order chi connectivity index (χ1) is 8.10. The highest BCUT2D eigenvalue weighted by atomic mass is 16.5. The van der Waals surface area contributed by atoms with Crippen LogP contribution in [0.3, 0.4) is 0 Å². The van der Waals surface area contributed by atoms with Crippen molar-refractivity contribution in [3.05, 3.63) is 0 Å². The van der Waals surface area contributed by atoms with Crippen LogP contribution in [0.25, 0.3) is 0 Å². The van der Waals surface area contributed by atoms with Gasteiger partial charge in [0, 0.05) is 27.3 Å². The third kappa shape index (κ3) is 3.19. The number of nitrogens with zero attached hydrogens (tertiary/aromatic N) is 1. The van der Waals surface area contributed by atoms with Gasteiger partial charge >= 0.3 is 0 Å². The number of methoxy groups -OCH3 is 2. The average Bonchev–Trinajstić information content (AvgIpc) is 2.37. The van der Waals surface area contributed by atoms with Crippen LogP contribution in [-0.4, -0.2) is 57.0 Å². The highest BCUT2D eigenvalue weighted by Crippen LogP contribution is 2.34. The summed E-state index contributed by atoms with van der Waals surface area (Å²) in [5.74, 6) is 0. The van der Waals surface area contributed by atoms with Gasteiger partial charge in [0.25, 0.3) is 0 Å². The highest BCUT2D eigenvalue weighted by molar-refractivity contribution is 5.00. The van der Waals surface area contributed by atoms with Crippen LogP contribution in [0.2, 0.25) is 0 Å². The molecule has 0 aromatic carbocycles. The minimum atomic E-state index is -0.0141. The molecule has 0 amide bonds. The van der Waals surface area contributed by atoms with Crippen LogP contribution >= 0.6 is 0 Å². The van der Waals surface area contributed by atoms with E-state index in [2.05, 4.69) is 18.9 Å². The summed E-state index contributed by atoms with van der Waals surface area (Å²) in [6.07, 6.45) is 5.18. The first-order valence-electron chi connectivity index (χ1n) is 6.57. The molecule has 0 heterocycles. The number of likely N-dealkylation sites (N-methyl/N-ethyl adjacent to an activating group) is 1. The maximum absolute atomic E-state index is 6.06. The fourth-order valence-electron chi connectivity index (χ4n) is 3.00. The Morgan fingerprint density at radius 1 is 1.41 bits per heavy atom. The molecule has 1 saturated carbocycles. The molecule has 0 saturated heterocycles. The first kappa shape index (κ1) is 14.9. The summed E-state index contributed by atoms with van der Waals surface area (Å²) in [7, 11) is 5.69. The normalized spacial score (nSPS) is 31.8. The lowest BCUT2D eigenvalue weighted by atomic mass is 9.77. The van der Waals surface area contributed by atoms with Crippen molar-refractivity contribution in [3.63, 3.8) is 0 Å². The zero-order chi connectivity index (χ0) is 12.9. The number of hydrogen-bond donors (Lipinski definition) is 1. The summed E-state index contributed by atoms with van der Waals surface area (Å²) in [6.45, 7) is 3.64. The van der Waals surface area contributed by atoms with Crippen molar-refractivity contribution >= 4 is 0 Å². The van der Waals surface area contributed by atoms with Gasteiger partial charge in [-0.05, 0) is 26.8 Å². The molecule has 17 heavy (non-hydrogen) atoms. The minimum absolute atomic E-state index is 0.0141. The molecular formula is C13H28N2O2. The SMILES string of the molecule is COC(C)CN(C)C1(CN)CCCCC1OC. The Labute approximate surface area is 105 Å². The predicted molar refractivity (Wildman–Crippen MR) is 70.2 cm³/mol. The second-order valence-electron chi connectivity index (χ2n) is 5.20. The zero-order valence-corrected chi connectivity index (χ0v) is 11.7. The zero-order valence-electron chi connectivity index (χ0n) is 11.7. The summed E-state index contributed by atoms with van der Waals surface area (Å²) >= 11 is 0. The molecule has 4 nitrogen and oxygen atoms in total. The summed E-state index contributed by atoms with van der Waals surface area (Å²) < 4.78 is 11.0. The van der Waals surface area contributed by atoms with Gasteiger partial charge in [0.2, 0.25) is 0 Å². The minimum Gasteiger partial charge on any atom is -0.380 e. The van der Waals surface area contributed by atoms with E-state index in [0.29, 0.717) is 6.54 Å². The van der Waals surface area contributed by atoms with Gasteiger partial charge in [-0.15, -0.1) is 0 Å². The number of nitrogens with two attached hydrogens (primary N) is 1. The molecule has 1 rings (SSSR count). The summed E-state index contributed by atoms with van der Waals surface area (Å²) in [4.78, 5) is 2.34. The molecule has 3 atom stereocenters. The third-order valence-corrected chi connectivity index (χ3v) is 4.26. The fourth-order valence-corrected chi connectivity index (χ4v) is 3.00. The van der Waals surface area contributed by atoms with E-state index in [1.807, 2.05) is 0 Å². The first-order valence-corrected chi connectivity index (χ1v) is 6.57. The van der Waals surface area contributed by atoms with Crippen molar-refractivity contribution in [2.45, 2.75) is 50.4 Å². The predicted octanol–water partition coefficient (Wildman–Crippen LogP) is 1.24. The third-order valence-electron chi connectivity index (χ3n) is 4.26. The van der Waals surface area contributed by atoms with Crippen molar-refractivity contribution < 1.29 is 9.47 Å². The fraction of sp³-hybridized carbons (Fsp3) is 1.00. The lowest BCUT2D eigenvalue weighted by Gasteiger charge is -2.49. The van der Waals surface area contributed by atoms with E-state index < -0.39 is 0 Å². The summed E-state index contributed by atoms with van der Waals surface area (Å²) in [6, 6.07) is 0. The van der Waals surface area contributed by atoms with Crippen LogP contribution in [0, 0.1) is 0 Å². The van der Waals surface area contributed by atoms with Gasteiger partial charge in [-0.2, -0.15) is 0 Å². The molecule has 1 fully saturated rings. The molecule has 0 radical (unpaired) electrons. The van der Waals surface area contributed by atoms with Gasteiger partial charge in [0.05, 0.1) is 17.7 Å². The summed E-state index contributed by atoms with van der Waals surface area (Å²) in [5.41, 5.74) is 6.05. The Bertz CT molecular complexity index is 225. The molecule has 102 valence electrons. The molecule has 0 aromatic heterocycles. The van der Waals surface area contributed by atoms with Gasteiger partial charge in [0.15, 0.2) is 0 Å². The van der Waals surface area contributed by atoms with E-state index in [0.717, 1.165) is 19.4 Å². The quantitative estimate of drug-likeness (QED) is 0.763. The molecule has 0 aromatic rings. The lowest BCUT2D eigenvalue weighted by Crippen LogP contribution is -2.62. The largest absolute Gasteiger partial charge is 0.380 e. The van der Waals surface area contributed by atoms with Crippen LogP contribution < -0.4 is 5.73 Å². The van der Waals surface area contributed by atoms with Crippen LogP contribution in [0.15, 0.2) is 0 Å². The van der Waals surface area contributed by atoms with Crippen LogP contribution in [0.1, 0.15) is 32.6 Å². The van der Waals surface area contributed by atoms with E-state index in [1.54, 1.807) is 14.2 Å². The second kappa shape index (κ2) is 6.69. The lowest BCUT2D eigenvalue weighted by molar-refractivity contribution is -0.0777. The maximum Gasteiger partial charge on any atom is 0.0767 e. The monoisotopic (exact) mass is 244 g/mol. The molecular weight excluding hydrogens is 216 g/mol. The Morgan fingerprint density at radius 3 is 2.65 bits per heavy atom.